The van der Waals surface area contributed by atoms with Crippen LogP contribution >= 0.6 is 15.9 Å². The molecule has 0 aliphatic heterocycles. The van der Waals surface area contributed by atoms with Crippen LogP contribution in [0.25, 0.3) is 0 Å². The van der Waals surface area contributed by atoms with E-state index in [1.165, 1.54) is 0 Å². The van der Waals surface area contributed by atoms with Crippen LogP contribution in [0.3, 0.4) is 0 Å². The van der Waals surface area contributed by atoms with E-state index in [1.807, 2.05) is 6.92 Å². The second-order valence-electron chi connectivity index (χ2n) is 4.18. The van der Waals surface area contributed by atoms with Crippen molar-refractivity contribution in [2.45, 2.75) is 25.1 Å². The summed E-state index contributed by atoms with van der Waals surface area (Å²) in [6.45, 7) is 1.88. The summed E-state index contributed by atoms with van der Waals surface area (Å²) < 4.78 is 29.8. The highest BCUT2D eigenvalue weighted by Crippen LogP contribution is 2.24. The minimum atomic E-state index is -3.20. The summed E-state index contributed by atoms with van der Waals surface area (Å²) in [5.41, 5.74) is 6.38. The first-order valence-corrected chi connectivity index (χ1v) is 8.27. The van der Waals surface area contributed by atoms with Crippen molar-refractivity contribution in [3.8, 4) is 5.75 Å². The van der Waals surface area contributed by atoms with E-state index in [9.17, 15) is 8.42 Å². The molecule has 102 valence electrons. The maximum atomic E-state index is 12.0. The van der Waals surface area contributed by atoms with Crippen LogP contribution < -0.4 is 10.5 Å². The molecule has 0 saturated carbocycles. The Balaban J connectivity index is 2.89. The molecule has 6 heteroatoms. The molecule has 0 radical (unpaired) electrons. The van der Waals surface area contributed by atoms with Gasteiger partial charge >= 0.3 is 0 Å². The molecule has 0 spiro atoms. The lowest BCUT2D eigenvalue weighted by Crippen LogP contribution is -2.29. The number of halogens is 1. The molecule has 1 aromatic rings. The highest BCUT2D eigenvalue weighted by molar-refractivity contribution is 9.10. The lowest BCUT2D eigenvalue weighted by Gasteiger charge is -2.11. The van der Waals surface area contributed by atoms with E-state index in [4.69, 9.17) is 10.5 Å². The highest BCUT2D eigenvalue weighted by atomic mass is 79.9. The van der Waals surface area contributed by atoms with Gasteiger partial charge in [0, 0.05) is 10.5 Å². The van der Waals surface area contributed by atoms with Gasteiger partial charge in [-0.1, -0.05) is 22.9 Å². The Morgan fingerprint density at radius 3 is 2.67 bits per heavy atom. The van der Waals surface area contributed by atoms with Gasteiger partial charge in [0.05, 0.1) is 18.6 Å². The monoisotopic (exact) mass is 335 g/mol. The second kappa shape index (κ2) is 6.54. The number of rotatable bonds is 6. The number of hydrogen-bond acceptors (Lipinski definition) is 4. The van der Waals surface area contributed by atoms with Crippen molar-refractivity contribution in [2.75, 3.05) is 12.9 Å². The maximum Gasteiger partial charge on any atom is 0.156 e. The number of hydrogen-bond donors (Lipinski definition) is 1. The van der Waals surface area contributed by atoms with E-state index in [1.54, 1.807) is 25.3 Å². The van der Waals surface area contributed by atoms with Crippen molar-refractivity contribution < 1.29 is 13.2 Å². The van der Waals surface area contributed by atoms with Gasteiger partial charge in [0.2, 0.25) is 0 Å². The summed E-state index contributed by atoms with van der Waals surface area (Å²) in [5, 5.41) is 0. The van der Waals surface area contributed by atoms with E-state index in [2.05, 4.69) is 15.9 Å². The fourth-order valence-corrected chi connectivity index (χ4v) is 3.82. The largest absolute Gasteiger partial charge is 0.497 e. The normalized spacial score (nSPS) is 13.3. The van der Waals surface area contributed by atoms with Crippen molar-refractivity contribution in [2.24, 2.45) is 5.73 Å². The molecule has 1 aromatic carbocycles. The smallest absolute Gasteiger partial charge is 0.156 e. The number of ether oxygens (including phenoxy) is 1. The summed E-state index contributed by atoms with van der Waals surface area (Å²) in [4.78, 5) is 0. The van der Waals surface area contributed by atoms with Gasteiger partial charge in [0.1, 0.15) is 5.75 Å². The Bertz CT molecular complexity index is 502. The summed E-state index contributed by atoms with van der Waals surface area (Å²) in [6.07, 6.45) is 0.651. The van der Waals surface area contributed by atoms with E-state index in [0.717, 1.165) is 4.47 Å². The molecular weight excluding hydrogens is 318 g/mol. The first-order valence-electron chi connectivity index (χ1n) is 5.66. The van der Waals surface area contributed by atoms with Crippen molar-refractivity contribution in [1.29, 1.82) is 0 Å². The number of methoxy groups -OCH3 is 1. The molecule has 0 aliphatic carbocycles. The third-order valence-electron chi connectivity index (χ3n) is 2.62. The van der Waals surface area contributed by atoms with Crippen LogP contribution in [0.2, 0.25) is 0 Å². The Labute approximate surface area is 117 Å². The van der Waals surface area contributed by atoms with Crippen LogP contribution in [0.4, 0.5) is 0 Å². The summed E-state index contributed by atoms with van der Waals surface area (Å²) >= 11 is 3.34. The van der Waals surface area contributed by atoms with Crippen LogP contribution in [-0.4, -0.2) is 27.3 Å². The minimum absolute atomic E-state index is 0.00709. The van der Waals surface area contributed by atoms with Gasteiger partial charge in [-0.15, -0.1) is 0 Å². The minimum Gasteiger partial charge on any atom is -0.497 e. The maximum absolute atomic E-state index is 12.0. The van der Waals surface area contributed by atoms with Gasteiger partial charge in [-0.05, 0) is 30.2 Å². The SMILES string of the molecule is CCC(N)CS(=O)(=O)Cc1cc(OC)ccc1Br. The average Bonchev–Trinajstić information content (AvgIpc) is 2.31. The topological polar surface area (TPSA) is 69.4 Å². The Morgan fingerprint density at radius 2 is 2.11 bits per heavy atom. The van der Waals surface area contributed by atoms with Crippen LogP contribution in [0, 0.1) is 0 Å². The molecular formula is C12H18BrNO3S. The van der Waals surface area contributed by atoms with Crippen LogP contribution in [0.15, 0.2) is 22.7 Å². The van der Waals surface area contributed by atoms with Gasteiger partial charge in [0.25, 0.3) is 0 Å². The van der Waals surface area contributed by atoms with Crippen molar-refractivity contribution in [3.63, 3.8) is 0 Å². The second-order valence-corrected chi connectivity index (χ2v) is 7.14. The lowest BCUT2D eigenvalue weighted by molar-refractivity contribution is 0.414. The standard InChI is InChI=1S/C12H18BrNO3S/c1-3-10(14)8-18(15,16)7-9-6-11(17-2)4-5-12(9)13/h4-6,10H,3,7-8,14H2,1-2H3. The molecule has 1 rings (SSSR count). The Morgan fingerprint density at radius 1 is 1.44 bits per heavy atom. The molecule has 0 bridgehead atoms. The van der Waals surface area contributed by atoms with Gasteiger partial charge in [-0.2, -0.15) is 0 Å². The average molecular weight is 336 g/mol. The first kappa shape index (κ1) is 15.5. The molecule has 0 heterocycles. The predicted molar refractivity (Wildman–Crippen MR) is 76.5 cm³/mol. The fraction of sp³-hybridized carbons (Fsp3) is 0.500. The van der Waals surface area contributed by atoms with Crippen molar-refractivity contribution in [1.82, 2.24) is 0 Å². The number of sulfone groups is 1. The van der Waals surface area contributed by atoms with E-state index < -0.39 is 9.84 Å². The van der Waals surface area contributed by atoms with Crippen LogP contribution in [-0.2, 0) is 15.6 Å². The molecule has 0 saturated heterocycles. The lowest BCUT2D eigenvalue weighted by atomic mass is 10.2. The van der Waals surface area contributed by atoms with Gasteiger partial charge < -0.3 is 10.5 Å². The molecule has 2 N–H and O–H groups in total. The predicted octanol–water partition coefficient (Wildman–Crippen LogP) is 2.11. The van der Waals surface area contributed by atoms with Crippen LogP contribution in [0.1, 0.15) is 18.9 Å². The van der Waals surface area contributed by atoms with E-state index >= 15 is 0 Å². The van der Waals surface area contributed by atoms with Gasteiger partial charge in [0.15, 0.2) is 9.84 Å². The zero-order chi connectivity index (χ0) is 13.8. The molecule has 1 unspecified atom stereocenters. The molecule has 0 aromatic heterocycles. The van der Waals surface area contributed by atoms with E-state index in [-0.39, 0.29) is 17.5 Å². The zero-order valence-electron chi connectivity index (χ0n) is 10.5. The molecule has 1 atom stereocenters. The van der Waals surface area contributed by atoms with Gasteiger partial charge in [-0.25, -0.2) is 8.42 Å². The Kier molecular flexibility index (Phi) is 5.62. The first-order chi connectivity index (χ1) is 8.38. The van der Waals surface area contributed by atoms with E-state index in [0.29, 0.717) is 17.7 Å². The summed E-state index contributed by atoms with van der Waals surface area (Å²) in [5.74, 6) is 0.620. The molecule has 4 nitrogen and oxygen atoms in total. The fourth-order valence-electron chi connectivity index (χ4n) is 1.53. The quantitative estimate of drug-likeness (QED) is 0.864. The number of nitrogens with two attached hydrogens (primary N) is 1. The third kappa shape index (κ3) is 4.59. The number of benzene rings is 1. The highest BCUT2D eigenvalue weighted by Gasteiger charge is 2.17. The van der Waals surface area contributed by atoms with Gasteiger partial charge in [-0.3, -0.25) is 0 Å². The zero-order valence-corrected chi connectivity index (χ0v) is 12.9. The summed E-state index contributed by atoms with van der Waals surface area (Å²) in [7, 11) is -1.65. The molecule has 0 fully saturated rings. The molecule has 0 aliphatic rings. The van der Waals surface area contributed by atoms with Crippen molar-refractivity contribution >= 4 is 25.8 Å². The third-order valence-corrected chi connectivity index (χ3v) is 5.08. The summed E-state index contributed by atoms with van der Waals surface area (Å²) in [6, 6.07) is 4.97. The van der Waals surface area contributed by atoms with Crippen molar-refractivity contribution in [3.05, 3.63) is 28.2 Å². The van der Waals surface area contributed by atoms with Crippen LogP contribution in [0.5, 0.6) is 5.75 Å². The molecule has 18 heavy (non-hydrogen) atoms. The molecule has 0 amide bonds. The Hall–Kier alpha value is -0.590.